The number of nitrogens with zero attached hydrogens (tertiary/aromatic N) is 4. The van der Waals surface area contributed by atoms with Gasteiger partial charge in [0.25, 0.3) is 5.91 Å². The molecule has 1 aromatic carbocycles. The van der Waals surface area contributed by atoms with Crippen molar-refractivity contribution in [1.29, 1.82) is 0 Å². The zero-order chi connectivity index (χ0) is 19.8. The van der Waals surface area contributed by atoms with Gasteiger partial charge >= 0.3 is 0 Å². The van der Waals surface area contributed by atoms with Crippen LogP contribution in [0.2, 0.25) is 0 Å². The van der Waals surface area contributed by atoms with E-state index in [0.29, 0.717) is 30.5 Å². The first-order valence-corrected chi connectivity index (χ1v) is 9.97. The second kappa shape index (κ2) is 8.57. The van der Waals surface area contributed by atoms with Gasteiger partial charge in [-0.15, -0.1) is 22.6 Å². The molecule has 1 saturated heterocycles. The fourth-order valence-corrected chi connectivity index (χ4v) is 4.14. The Balaban J connectivity index is 0.00000218. The molecule has 2 aromatic heterocycles. The number of furan rings is 1. The number of amides is 1. The Kier molecular flexibility index (Phi) is 5.87. The maximum Gasteiger partial charge on any atom is 0.289 e. The number of likely N-dealkylation sites (tertiary alicyclic amines) is 1. The zero-order valence-corrected chi connectivity index (χ0v) is 17.2. The van der Waals surface area contributed by atoms with Crippen molar-refractivity contribution in [3.05, 3.63) is 59.6 Å². The number of benzene rings is 1. The second-order valence-corrected chi connectivity index (χ2v) is 7.54. The van der Waals surface area contributed by atoms with E-state index in [1.807, 2.05) is 4.90 Å². The van der Waals surface area contributed by atoms with Gasteiger partial charge in [-0.1, -0.05) is 0 Å². The van der Waals surface area contributed by atoms with Gasteiger partial charge < -0.3 is 19.2 Å². The van der Waals surface area contributed by atoms with Crippen LogP contribution >= 0.6 is 12.4 Å². The van der Waals surface area contributed by atoms with Gasteiger partial charge in [0, 0.05) is 37.7 Å². The van der Waals surface area contributed by atoms with Crippen LogP contribution in [0, 0.1) is 5.82 Å². The molecule has 1 amide bonds. The Labute approximate surface area is 179 Å². The predicted octanol–water partition coefficient (Wildman–Crippen LogP) is 3.22. The summed E-state index contributed by atoms with van der Waals surface area (Å²) in [7, 11) is 0. The Morgan fingerprint density at radius 2 is 1.83 bits per heavy atom. The van der Waals surface area contributed by atoms with Gasteiger partial charge in [0.1, 0.15) is 23.2 Å². The molecule has 2 aliphatic heterocycles. The highest BCUT2D eigenvalue weighted by molar-refractivity contribution is 5.92. The smallest absolute Gasteiger partial charge is 0.289 e. The number of nitrogens with one attached hydrogen (secondary N) is 1. The first-order chi connectivity index (χ1) is 14.2. The van der Waals surface area contributed by atoms with E-state index in [1.54, 1.807) is 24.3 Å². The SMILES string of the molecule is Cl.O=C(c1ccc(-c2ccc(F)cc2)o1)N1CCC(c2nnc3n2CCNC3)CC1. The third kappa shape index (κ3) is 3.85. The summed E-state index contributed by atoms with van der Waals surface area (Å²) in [6.07, 6.45) is 1.73. The Hall–Kier alpha value is -2.71. The van der Waals surface area contributed by atoms with Crippen LogP contribution in [0.4, 0.5) is 4.39 Å². The number of rotatable bonds is 3. The maximum atomic E-state index is 13.1. The quantitative estimate of drug-likeness (QED) is 0.689. The Bertz CT molecular complexity index is 1020. The molecule has 3 aromatic rings. The first-order valence-electron chi connectivity index (χ1n) is 9.97. The van der Waals surface area contributed by atoms with Gasteiger partial charge in [0.05, 0.1) is 6.54 Å². The van der Waals surface area contributed by atoms with Crippen LogP contribution in [0.25, 0.3) is 11.3 Å². The van der Waals surface area contributed by atoms with Crippen LogP contribution < -0.4 is 5.32 Å². The van der Waals surface area contributed by atoms with Gasteiger partial charge in [0.2, 0.25) is 0 Å². The van der Waals surface area contributed by atoms with Crippen LogP contribution in [-0.2, 0) is 13.1 Å². The number of hydrogen-bond acceptors (Lipinski definition) is 5. The van der Waals surface area contributed by atoms with E-state index >= 15 is 0 Å². The number of aromatic nitrogens is 3. The molecular formula is C21H23ClFN5O2. The number of carbonyl (C=O) groups excluding carboxylic acids is 1. The summed E-state index contributed by atoms with van der Waals surface area (Å²) in [5, 5.41) is 12.0. The molecule has 0 saturated carbocycles. The molecule has 2 aliphatic rings. The minimum absolute atomic E-state index is 0. The summed E-state index contributed by atoms with van der Waals surface area (Å²) in [4.78, 5) is 14.7. The van der Waals surface area contributed by atoms with E-state index in [4.69, 9.17) is 4.42 Å². The van der Waals surface area contributed by atoms with E-state index in [2.05, 4.69) is 20.1 Å². The molecule has 0 spiro atoms. The van der Waals surface area contributed by atoms with Crippen molar-refractivity contribution in [2.45, 2.75) is 31.8 Å². The molecule has 5 rings (SSSR count). The summed E-state index contributed by atoms with van der Waals surface area (Å²) in [6.45, 7) is 3.92. The second-order valence-electron chi connectivity index (χ2n) is 7.54. The fraction of sp³-hybridized carbons (Fsp3) is 0.381. The minimum atomic E-state index is -0.301. The molecule has 158 valence electrons. The highest BCUT2D eigenvalue weighted by Gasteiger charge is 2.30. The number of fused-ring (bicyclic) bond motifs is 1. The van der Waals surface area contributed by atoms with E-state index in [0.717, 1.165) is 49.7 Å². The van der Waals surface area contributed by atoms with Crippen molar-refractivity contribution in [1.82, 2.24) is 25.0 Å². The van der Waals surface area contributed by atoms with E-state index in [-0.39, 0.29) is 24.1 Å². The third-order valence-corrected chi connectivity index (χ3v) is 5.74. The number of piperidine rings is 1. The molecular weight excluding hydrogens is 409 g/mol. The molecule has 0 radical (unpaired) electrons. The molecule has 4 heterocycles. The monoisotopic (exact) mass is 431 g/mol. The molecule has 0 atom stereocenters. The zero-order valence-electron chi connectivity index (χ0n) is 16.4. The molecule has 1 N–H and O–H groups in total. The largest absolute Gasteiger partial charge is 0.451 e. The van der Waals surface area contributed by atoms with E-state index < -0.39 is 0 Å². The number of hydrogen-bond donors (Lipinski definition) is 1. The van der Waals surface area contributed by atoms with Crippen LogP contribution in [0.1, 0.15) is 41.0 Å². The number of halogens is 2. The molecule has 7 nitrogen and oxygen atoms in total. The maximum absolute atomic E-state index is 13.1. The van der Waals surface area contributed by atoms with Gasteiger partial charge in [-0.25, -0.2) is 4.39 Å². The van der Waals surface area contributed by atoms with Crippen LogP contribution in [0.3, 0.4) is 0 Å². The van der Waals surface area contributed by atoms with Crippen molar-refractivity contribution < 1.29 is 13.6 Å². The molecule has 9 heteroatoms. The van der Waals surface area contributed by atoms with Crippen LogP contribution in [0.5, 0.6) is 0 Å². The average molecular weight is 432 g/mol. The summed E-state index contributed by atoms with van der Waals surface area (Å²) in [5.41, 5.74) is 0.746. The lowest BCUT2D eigenvalue weighted by atomic mass is 9.95. The van der Waals surface area contributed by atoms with E-state index in [9.17, 15) is 9.18 Å². The van der Waals surface area contributed by atoms with Crippen molar-refractivity contribution in [2.24, 2.45) is 0 Å². The lowest BCUT2D eigenvalue weighted by Crippen LogP contribution is -2.38. The van der Waals surface area contributed by atoms with Gasteiger partial charge in [0.15, 0.2) is 5.76 Å². The molecule has 0 aliphatic carbocycles. The van der Waals surface area contributed by atoms with Gasteiger partial charge in [-0.2, -0.15) is 0 Å². The topological polar surface area (TPSA) is 76.2 Å². The van der Waals surface area contributed by atoms with Gasteiger partial charge in [-0.05, 0) is 49.2 Å². The molecule has 30 heavy (non-hydrogen) atoms. The highest BCUT2D eigenvalue weighted by Crippen LogP contribution is 2.29. The fourth-order valence-electron chi connectivity index (χ4n) is 4.14. The van der Waals surface area contributed by atoms with Crippen molar-refractivity contribution in [3.63, 3.8) is 0 Å². The molecule has 0 unspecified atom stereocenters. The predicted molar refractivity (Wildman–Crippen MR) is 111 cm³/mol. The van der Waals surface area contributed by atoms with Crippen LogP contribution in [-0.4, -0.2) is 45.2 Å². The lowest BCUT2D eigenvalue weighted by molar-refractivity contribution is 0.0679. The lowest BCUT2D eigenvalue weighted by Gasteiger charge is -2.31. The summed E-state index contributed by atoms with van der Waals surface area (Å²) < 4.78 is 21.1. The number of carbonyl (C=O) groups is 1. The Morgan fingerprint density at radius 1 is 1.07 bits per heavy atom. The van der Waals surface area contributed by atoms with Crippen molar-refractivity contribution >= 4 is 18.3 Å². The normalized spacial score (nSPS) is 16.8. The van der Waals surface area contributed by atoms with Gasteiger partial charge in [-0.3, -0.25) is 4.79 Å². The Morgan fingerprint density at radius 3 is 2.60 bits per heavy atom. The summed E-state index contributed by atoms with van der Waals surface area (Å²) in [5.74, 6) is 2.83. The third-order valence-electron chi connectivity index (χ3n) is 5.74. The summed E-state index contributed by atoms with van der Waals surface area (Å²) >= 11 is 0. The average Bonchev–Trinajstić information content (AvgIpc) is 3.42. The van der Waals surface area contributed by atoms with E-state index in [1.165, 1.54) is 12.1 Å². The molecule has 0 bridgehead atoms. The van der Waals surface area contributed by atoms with Crippen molar-refractivity contribution in [2.75, 3.05) is 19.6 Å². The first kappa shape index (κ1) is 20.6. The van der Waals surface area contributed by atoms with Crippen LogP contribution in [0.15, 0.2) is 40.8 Å². The van der Waals surface area contributed by atoms with Crippen molar-refractivity contribution in [3.8, 4) is 11.3 Å². The molecule has 1 fully saturated rings. The standard InChI is InChI=1S/C21H22FN5O2.ClH/c22-16-3-1-14(2-4-16)17-5-6-18(29-17)21(28)26-10-7-15(8-11-26)20-25-24-19-13-23-9-12-27(19)20;/h1-6,15,23H,7-13H2;1H. The highest BCUT2D eigenvalue weighted by atomic mass is 35.5. The minimum Gasteiger partial charge on any atom is -0.451 e. The summed E-state index contributed by atoms with van der Waals surface area (Å²) in [6, 6.07) is 9.48.